The molecule has 0 radical (unpaired) electrons. The Hall–Kier alpha value is -2.16. The Labute approximate surface area is 125 Å². The number of phenols is 1. The van der Waals surface area contributed by atoms with Crippen molar-refractivity contribution in [3.05, 3.63) is 53.6 Å². The van der Waals surface area contributed by atoms with Crippen molar-refractivity contribution in [1.82, 2.24) is 0 Å². The fraction of sp³-hybridized carbons (Fsp3) is 0.333. The lowest BCUT2D eigenvalue weighted by Gasteiger charge is -2.35. The highest BCUT2D eigenvalue weighted by Gasteiger charge is 2.24. The number of benzene rings is 2. The van der Waals surface area contributed by atoms with Crippen molar-refractivity contribution in [2.75, 3.05) is 19.1 Å². The molecule has 0 spiro atoms. The molecular weight excluding hydrogens is 262 g/mol. The van der Waals surface area contributed by atoms with E-state index in [0.717, 1.165) is 24.3 Å². The molecule has 21 heavy (non-hydrogen) atoms. The van der Waals surface area contributed by atoms with Crippen LogP contribution >= 0.6 is 0 Å². The second-order valence-corrected chi connectivity index (χ2v) is 5.60. The van der Waals surface area contributed by atoms with Crippen molar-refractivity contribution in [1.29, 1.82) is 0 Å². The van der Waals surface area contributed by atoms with Crippen LogP contribution in [-0.2, 0) is 6.42 Å². The minimum Gasteiger partial charge on any atom is -0.508 e. The van der Waals surface area contributed by atoms with Gasteiger partial charge in [0.05, 0.1) is 13.2 Å². The van der Waals surface area contributed by atoms with E-state index in [1.54, 1.807) is 13.2 Å². The van der Waals surface area contributed by atoms with Crippen molar-refractivity contribution in [2.24, 2.45) is 0 Å². The summed E-state index contributed by atoms with van der Waals surface area (Å²) in [7, 11) is 3.80. The van der Waals surface area contributed by atoms with Crippen molar-refractivity contribution >= 4 is 5.69 Å². The molecule has 0 heterocycles. The Balaban J connectivity index is 1.91. The van der Waals surface area contributed by atoms with E-state index < -0.39 is 0 Å². The van der Waals surface area contributed by atoms with E-state index in [-0.39, 0.29) is 0 Å². The quantitative estimate of drug-likeness (QED) is 0.927. The number of fused-ring (bicyclic) bond motifs is 1. The first-order chi connectivity index (χ1) is 10.2. The van der Waals surface area contributed by atoms with Gasteiger partial charge in [-0.25, -0.2) is 0 Å². The van der Waals surface area contributed by atoms with Crippen LogP contribution in [0.4, 0.5) is 5.69 Å². The van der Waals surface area contributed by atoms with Gasteiger partial charge in [0.2, 0.25) is 0 Å². The van der Waals surface area contributed by atoms with E-state index in [1.807, 2.05) is 18.2 Å². The molecule has 0 aromatic heterocycles. The molecule has 3 nitrogen and oxygen atoms in total. The number of aryl methyl sites for hydroxylation is 1. The molecule has 1 atom stereocenters. The highest BCUT2D eigenvalue weighted by molar-refractivity contribution is 5.52. The Bertz CT molecular complexity index is 622. The zero-order valence-electron chi connectivity index (χ0n) is 12.5. The third-order valence-electron chi connectivity index (χ3n) is 4.36. The molecule has 0 aliphatic heterocycles. The minimum absolute atomic E-state index is 0.314. The normalized spacial score (nSPS) is 17.1. The number of anilines is 1. The first-order valence-electron chi connectivity index (χ1n) is 7.37. The molecule has 0 saturated carbocycles. The van der Waals surface area contributed by atoms with Gasteiger partial charge in [0, 0.05) is 12.7 Å². The van der Waals surface area contributed by atoms with Gasteiger partial charge in [0.1, 0.15) is 11.5 Å². The molecule has 2 aromatic carbocycles. The predicted molar refractivity (Wildman–Crippen MR) is 85.2 cm³/mol. The maximum Gasteiger partial charge on any atom is 0.119 e. The molecule has 0 saturated heterocycles. The maximum absolute atomic E-state index is 9.79. The Morgan fingerprint density at radius 3 is 2.62 bits per heavy atom. The molecule has 0 fully saturated rings. The summed E-state index contributed by atoms with van der Waals surface area (Å²) >= 11 is 0. The van der Waals surface area contributed by atoms with Crippen LogP contribution in [0.5, 0.6) is 11.5 Å². The van der Waals surface area contributed by atoms with Gasteiger partial charge < -0.3 is 14.7 Å². The second-order valence-electron chi connectivity index (χ2n) is 5.60. The van der Waals surface area contributed by atoms with Crippen LogP contribution in [0.15, 0.2) is 42.5 Å². The summed E-state index contributed by atoms with van der Waals surface area (Å²) < 4.78 is 5.21. The number of hydrogen-bond acceptors (Lipinski definition) is 3. The average Bonchev–Trinajstić information content (AvgIpc) is 2.53. The average molecular weight is 283 g/mol. The summed E-state index contributed by atoms with van der Waals surface area (Å²) in [4.78, 5) is 2.29. The lowest BCUT2D eigenvalue weighted by molar-refractivity contribution is 0.414. The van der Waals surface area contributed by atoms with Crippen LogP contribution in [0.2, 0.25) is 0 Å². The van der Waals surface area contributed by atoms with Crippen molar-refractivity contribution in [3.8, 4) is 11.5 Å². The SMILES string of the molecule is COc1ccc(N(C)C2CCCc3ccc(O)cc32)cc1. The van der Waals surface area contributed by atoms with Gasteiger partial charge in [-0.15, -0.1) is 0 Å². The van der Waals surface area contributed by atoms with Crippen LogP contribution in [0, 0.1) is 0 Å². The van der Waals surface area contributed by atoms with Gasteiger partial charge in [0.25, 0.3) is 0 Å². The summed E-state index contributed by atoms with van der Waals surface area (Å²) in [6.45, 7) is 0. The van der Waals surface area contributed by atoms with Crippen LogP contribution in [0.3, 0.4) is 0 Å². The summed E-state index contributed by atoms with van der Waals surface area (Å²) in [5, 5.41) is 9.79. The van der Waals surface area contributed by atoms with E-state index >= 15 is 0 Å². The largest absolute Gasteiger partial charge is 0.508 e. The summed E-state index contributed by atoms with van der Waals surface area (Å²) in [5.41, 5.74) is 3.76. The van der Waals surface area contributed by atoms with E-state index in [4.69, 9.17) is 4.74 Å². The van der Waals surface area contributed by atoms with Gasteiger partial charge in [-0.2, -0.15) is 0 Å². The van der Waals surface area contributed by atoms with Crippen molar-refractivity contribution in [2.45, 2.75) is 25.3 Å². The Morgan fingerprint density at radius 1 is 1.14 bits per heavy atom. The molecule has 1 aliphatic carbocycles. The van der Waals surface area contributed by atoms with E-state index in [1.165, 1.54) is 17.5 Å². The summed E-state index contributed by atoms with van der Waals surface area (Å²) in [6, 6.07) is 14.2. The topological polar surface area (TPSA) is 32.7 Å². The zero-order valence-corrected chi connectivity index (χ0v) is 12.5. The van der Waals surface area contributed by atoms with E-state index in [0.29, 0.717) is 11.8 Å². The molecular formula is C18H21NO2. The maximum atomic E-state index is 9.79. The molecule has 3 rings (SSSR count). The molecule has 2 aromatic rings. The summed E-state index contributed by atoms with van der Waals surface area (Å²) in [6.07, 6.45) is 3.39. The number of nitrogens with zero attached hydrogens (tertiary/aromatic N) is 1. The highest BCUT2D eigenvalue weighted by atomic mass is 16.5. The number of methoxy groups -OCH3 is 1. The molecule has 0 amide bonds. The fourth-order valence-corrected chi connectivity index (χ4v) is 3.16. The number of hydrogen-bond donors (Lipinski definition) is 1. The minimum atomic E-state index is 0.314. The van der Waals surface area contributed by atoms with Crippen molar-refractivity contribution < 1.29 is 9.84 Å². The van der Waals surface area contributed by atoms with E-state index in [9.17, 15) is 5.11 Å². The van der Waals surface area contributed by atoms with Crippen LogP contribution < -0.4 is 9.64 Å². The Kier molecular flexibility index (Phi) is 3.74. The van der Waals surface area contributed by atoms with Gasteiger partial charge in [-0.05, 0) is 66.8 Å². The lowest BCUT2D eigenvalue weighted by atomic mass is 9.86. The lowest BCUT2D eigenvalue weighted by Crippen LogP contribution is -2.27. The standard InChI is InChI=1S/C18H21NO2/c1-19(14-7-10-16(21-2)11-8-14)18-5-3-4-13-6-9-15(20)12-17(13)18/h6-12,18,20H,3-5H2,1-2H3. The molecule has 0 bridgehead atoms. The number of phenolic OH excluding ortho intramolecular Hbond substituents is 1. The summed E-state index contributed by atoms with van der Waals surface area (Å²) in [5.74, 6) is 1.22. The van der Waals surface area contributed by atoms with Crippen LogP contribution in [0.1, 0.15) is 30.0 Å². The molecule has 110 valence electrons. The third kappa shape index (κ3) is 2.68. The zero-order chi connectivity index (χ0) is 14.8. The van der Waals surface area contributed by atoms with Gasteiger partial charge in [-0.3, -0.25) is 0 Å². The smallest absolute Gasteiger partial charge is 0.119 e. The second kappa shape index (κ2) is 5.68. The molecule has 1 aliphatic rings. The molecule has 3 heteroatoms. The van der Waals surface area contributed by atoms with Crippen LogP contribution in [-0.4, -0.2) is 19.3 Å². The Morgan fingerprint density at radius 2 is 1.90 bits per heavy atom. The van der Waals surface area contributed by atoms with Gasteiger partial charge in [-0.1, -0.05) is 6.07 Å². The first-order valence-corrected chi connectivity index (χ1v) is 7.37. The third-order valence-corrected chi connectivity index (χ3v) is 4.36. The van der Waals surface area contributed by atoms with Gasteiger partial charge >= 0.3 is 0 Å². The predicted octanol–water partition coefficient (Wildman–Crippen LogP) is 3.91. The van der Waals surface area contributed by atoms with Crippen molar-refractivity contribution in [3.63, 3.8) is 0 Å². The fourth-order valence-electron chi connectivity index (χ4n) is 3.16. The monoisotopic (exact) mass is 283 g/mol. The first kappa shape index (κ1) is 13.8. The van der Waals surface area contributed by atoms with Gasteiger partial charge in [0.15, 0.2) is 0 Å². The highest BCUT2D eigenvalue weighted by Crippen LogP contribution is 2.37. The number of aromatic hydroxyl groups is 1. The van der Waals surface area contributed by atoms with E-state index in [2.05, 4.69) is 30.1 Å². The number of ether oxygens (including phenoxy) is 1. The molecule has 1 N–H and O–H groups in total. The number of rotatable bonds is 3. The molecule has 1 unspecified atom stereocenters. The van der Waals surface area contributed by atoms with Crippen LogP contribution in [0.25, 0.3) is 0 Å².